The van der Waals surface area contributed by atoms with Crippen molar-refractivity contribution in [1.82, 2.24) is 10.2 Å². The molecule has 0 atom stereocenters. The predicted molar refractivity (Wildman–Crippen MR) is 96.8 cm³/mol. The molecule has 0 aliphatic rings. The van der Waals surface area contributed by atoms with Crippen LogP contribution in [-0.4, -0.2) is 24.9 Å². The zero-order valence-electron chi connectivity index (χ0n) is 13.7. The number of rotatable bonds is 5. The summed E-state index contributed by atoms with van der Waals surface area (Å²) >= 11 is 1.31. The van der Waals surface area contributed by atoms with Crippen LogP contribution in [0.4, 0.5) is 4.39 Å². The van der Waals surface area contributed by atoms with E-state index in [1.165, 1.54) is 23.0 Å². The number of halogens is 1. The Morgan fingerprint density at radius 3 is 2.58 bits per heavy atom. The lowest BCUT2D eigenvalue weighted by Gasteiger charge is -2.14. The van der Waals surface area contributed by atoms with Gasteiger partial charge in [0.1, 0.15) is 5.82 Å². The van der Waals surface area contributed by atoms with Crippen LogP contribution in [0.3, 0.4) is 0 Å². The van der Waals surface area contributed by atoms with Crippen molar-refractivity contribution in [2.24, 2.45) is 0 Å². The van der Waals surface area contributed by atoms with Crippen molar-refractivity contribution in [3.63, 3.8) is 0 Å². The van der Waals surface area contributed by atoms with E-state index in [2.05, 4.69) is 16.3 Å². The van der Waals surface area contributed by atoms with Crippen molar-refractivity contribution in [1.29, 1.82) is 0 Å². The van der Waals surface area contributed by atoms with Crippen molar-refractivity contribution >= 4 is 27.3 Å². The van der Waals surface area contributed by atoms with E-state index >= 15 is 0 Å². The van der Waals surface area contributed by atoms with Gasteiger partial charge in [-0.05, 0) is 43.4 Å². The van der Waals surface area contributed by atoms with Crippen molar-refractivity contribution in [3.8, 4) is 0 Å². The molecule has 1 aromatic heterocycles. The number of hydrogen-bond donors (Lipinski definition) is 1. The summed E-state index contributed by atoms with van der Waals surface area (Å²) in [6.07, 6.45) is 0. The van der Waals surface area contributed by atoms with Crippen LogP contribution in [-0.2, 0) is 13.1 Å². The minimum absolute atomic E-state index is 0.171. The van der Waals surface area contributed by atoms with E-state index in [4.69, 9.17) is 0 Å². The van der Waals surface area contributed by atoms with Crippen LogP contribution < -0.4 is 5.32 Å². The second kappa shape index (κ2) is 7.11. The van der Waals surface area contributed by atoms with Gasteiger partial charge in [0.15, 0.2) is 0 Å². The van der Waals surface area contributed by atoms with Crippen LogP contribution in [0.5, 0.6) is 0 Å². The fourth-order valence-corrected chi connectivity index (χ4v) is 3.62. The van der Waals surface area contributed by atoms with Crippen molar-refractivity contribution in [2.45, 2.75) is 13.1 Å². The topological polar surface area (TPSA) is 32.3 Å². The zero-order valence-corrected chi connectivity index (χ0v) is 14.5. The average Bonchev–Trinajstić information content (AvgIpc) is 2.99. The number of hydrogen-bond acceptors (Lipinski definition) is 3. The molecule has 0 aliphatic heterocycles. The molecule has 0 radical (unpaired) electrons. The Morgan fingerprint density at radius 2 is 1.88 bits per heavy atom. The molecule has 0 saturated carbocycles. The predicted octanol–water partition coefficient (Wildman–Crippen LogP) is 4.03. The summed E-state index contributed by atoms with van der Waals surface area (Å²) in [6.45, 7) is 1.28. The average molecular weight is 342 g/mol. The van der Waals surface area contributed by atoms with Gasteiger partial charge in [-0.2, -0.15) is 0 Å². The van der Waals surface area contributed by atoms with Gasteiger partial charge in [-0.3, -0.25) is 4.79 Å². The second-order valence-corrected chi connectivity index (χ2v) is 7.04. The largest absolute Gasteiger partial charge is 0.347 e. The molecule has 5 heteroatoms. The highest BCUT2D eigenvalue weighted by Crippen LogP contribution is 2.27. The van der Waals surface area contributed by atoms with Crippen LogP contribution in [0.1, 0.15) is 20.8 Å². The molecule has 0 bridgehead atoms. The van der Waals surface area contributed by atoms with Crippen LogP contribution in [0.15, 0.2) is 48.5 Å². The standard InChI is InChI=1S/C19H19FN2OS/c1-22(2)12-14-7-4-3-6-13(14)11-21-19(23)18-10-15-16(20)8-5-9-17(15)24-18/h3-10H,11-12H2,1-2H3,(H,21,23). The molecule has 1 heterocycles. The minimum Gasteiger partial charge on any atom is -0.347 e. The molecule has 3 rings (SSSR count). The molecule has 0 spiro atoms. The summed E-state index contributed by atoms with van der Waals surface area (Å²) in [6, 6.07) is 14.6. The SMILES string of the molecule is CN(C)Cc1ccccc1CNC(=O)c1cc2c(F)cccc2s1. The molecule has 24 heavy (non-hydrogen) atoms. The maximum absolute atomic E-state index is 13.8. The van der Waals surface area contributed by atoms with E-state index in [1.54, 1.807) is 12.1 Å². The Labute approximate surface area is 144 Å². The molecule has 3 nitrogen and oxygen atoms in total. The molecule has 1 N–H and O–H groups in total. The second-order valence-electron chi connectivity index (χ2n) is 5.95. The molecule has 0 unspecified atom stereocenters. The molecule has 0 fully saturated rings. The molecule has 3 aromatic rings. The fourth-order valence-electron chi connectivity index (χ4n) is 2.62. The van der Waals surface area contributed by atoms with E-state index in [1.807, 2.05) is 38.4 Å². The van der Waals surface area contributed by atoms with Crippen molar-refractivity contribution < 1.29 is 9.18 Å². The smallest absolute Gasteiger partial charge is 0.261 e. The third kappa shape index (κ3) is 3.63. The number of amides is 1. The highest BCUT2D eigenvalue weighted by molar-refractivity contribution is 7.20. The highest BCUT2D eigenvalue weighted by atomic mass is 32.1. The summed E-state index contributed by atoms with van der Waals surface area (Å²) < 4.78 is 14.5. The Morgan fingerprint density at radius 1 is 1.12 bits per heavy atom. The Kier molecular flexibility index (Phi) is 4.92. The highest BCUT2D eigenvalue weighted by Gasteiger charge is 2.13. The third-order valence-electron chi connectivity index (χ3n) is 3.78. The van der Waals surface area contributed by atoms with Gasteiger partial charge in [-0.25, -0.2) is 4.39 Å². The molecule has 1 amide bonds. The molecule has 124 valence electrons. The summed E-state index contributed by atoms with van der Waals surface area (Å²) in [4.78, 5) is 15.0. The Balaban J connectivity index is 1.74. The van der Waals surface area contributed by atoms with E-state index < -0.39 is 0 Å². The van der Waals surface area contributed by atoms with Gasteiger partial charge in [0.25, 0.3) is 5.91 Å². The lowest BCUT2D eigenvalue weighted by atomic mass is 10.1. The van der Waals surface area contributed by atoms with Crippen LogP contribution in [0, 0.1) is 5.82 Å². The quantitative estimate of drug-likeness (QED) is 0.759. The number of benzene rings is 2. The number of carbonyl (C=O) groups excluding carboxylic acids is 1. The lowest BCUT2D eigenvalue weighted by Crippen LogP contribution is -2.23. The van der Waals surface area contributed by atoms with Gasteiger partial charge in [0, 0.05) is 23.2 Å². The number of thiophene rings is 1. The van der Waals surface area contributed by atoms with Crippen LogP contribution in [0.25, 0.3) is 10.1 Å². The lowest BCUT2D eigenvalue weighted by molar-refractivity contribution is 0.0955. The van der Waals surface area contributed by atoms with Gasteiger partial charge < -0.3 is 10.2 Å². The zero-order chi connectivity index (χ0) is 17.1. The van der Waals surface area contributed by atoms with E-state index in [0.717, 1.165) is 16.8 Å². The third-order valence-corrected chi connectivity index (χ3v) is 4.88. The number of fused-ring (bicyclic) bond motifs is 1. The maximum Gasteiger partial charge on any atom is 0.261 e. The summed E-state index contributed by atoms with van der Waals surface area (Å²) in [7, 11) is 4.03. The van der Waals surface area contributed by atoms with Crippen molar-refractivity contribution in [2.75, 3.05) is 14.1 Å². The Hall–Kier alpha value is -2.24. The minimum atomic E-state index is -0.292. The summed E-state index contributed by atoms with van der Waals surface area (Å²) in [5.74, 6) is -0.464. The summed E-state index contributed by atoms with van der Waals surface area (Å²) in [5, 5.41) is 3.44. The van der Waals surface area contributed by atoms with Crippen LogP contribution in [0.2, 0.25) is 0 Å². The van der Waals surface area contributed by atoms with Gasteiger partial charge >= 0.3 is 0 Å². The van der Waals surface area contributed by atoms with Crippen molar-refractivity contribution in [3.05, 3.63) is 70.4 Å². The molecular weight excluding hydrogens is 323 g/mol. The monoisotopic (exact) mass is 342 g/mol. The molecule has 0 aliphatic carbocycles. The van der Waals surface area contributed by atoms with E-state index in [-0.39, 0.29) is 11.7 Å². The number of nitrogens with one attached hydrogen (secondary N) is 1. The van der Waals surface area contributed by atoms with Gasteiger partial charge in [0.05, 0.1) is 4.88 Å². The van der Waals surface area contributed by atoms with E-state index in [9.17, 15) is 9.18 Å². The Bertz CT molecular complexity index is 873. The number of carbonyl (C=O) groups is 1. The van der Waals surface area contributed by atoms with Gasteiger partial charge in [0.2, 0.25) is 0 Å². The van der Waals surface area contributed by atoms with Gasteiger partial charge in [-0.15, -0.1) is 11.3 Å². The van der Waals surface area contributed by atoms with Gasteiger partial charge in [-0.1, -0.05) is 30.3 Å². The maximum atomic E-state index is 13.8. The first-order valence-electron chi connectivity index (χ1n) is 7.72. The first-order valence-corrected chi connectivity index (χ1v) is 8.54. The number of nitrogens with zero attached hydrogens (tertiary/aromatic N) is 1. The molecule has 2 aromatic carbocycles. The van der Waals surface area contributed by atoms with E-state index in [0.29, 0.717) is 16.8 Å². The summed E-state index contributed by atoms with van der Waals surface area (Å²) in [5.41, 5.74) is 2.28. The molecule has 0 saturated heterocycles. The first kappa shape index (κ1) is 16.6. The molecular formula is C19H19FN2OS. The first-order chi connectivity index (χ1) is 11.5. The van der Waals surface area contributed by atoms with Crippen LogP contribution >= 0.6 is 11.3 Å². The normalized spacial score (nSPS) is 11.2. The fraction of sp³-hybridized carbons (Fsp3) is 0.211.